The maximum atomic E-state index is 11.7. The first kappa shape index (κ1) is 14.4. The average molecular weight is 314 g/mol. The first-order valence-corrected chi connectivity index (χ1v) is 7.56. The summed E-state index contributed by atoms with van der Waals surface area (Å²) in [5.41, 5.74) is 13.4. The lowest BCUT2D eigenvalue weighted by molar-refractivity contribution is 0.559. The summed E-state index contributed by atoms with van der Waals surface area (Å²) in [6, 6.07) is 8.75. The smallest absolute Gasteiger partial charge is 0.336 e. The molecule has 3 rings (SSSR count). The van der Waals surface area contributed by atoms with Gasteiger partial charge >= 0.3 is 5.63 Å². The van der Waals surface area contributed by atoms with Gasteiger partial charge in [0, 0.05) is 23.3 Å². The summed E-state index contributed by atoms with van der Waals surface area (Å²) >= 11 is 1.37. The Hall–Kier alpha value is -2.54. The van der Waals surface area contributed by atoms with Crippen LogP contribution in [0, 0.1) is 6.92 Å². The molecule has 0 aliphatic rings. The Bertz CT molecular complexity index is 887. The molecule has 0 saturated carbocycles. The zero-order valence-corrected chi connectivity index (χ0v) is 12.7. The van der Waals surface area contributed by atoms with Crippen molar-refractivity contribution in [2.75, 3.05) is 11.5 Å². The van der Waals surface area contributed by atoms with E-state index in [0.717, 1.165) is 16.5 Å². The quantitative estimate of drug-likeness (QED) is 0.434. The summed E-state index contributed by atoms with van der Waals surface area (Å²) in [6.07, 6.45) is 0. The van der Waals surface area contributed by atoms with Crippen molar-refractivity contribution in [1.82, 2.24) is 9.97 Å². The topological polar surface area (TPSA) is 108 Å². The standard InChI is InChI=1S/C15H14N4O2S/c1-8-2-3-10-9(5-14(20)21-11(10)4-8)7-22-15-18-12(16)6-13(17)19-15/h2-6H,7H2,1H3,(H4,16,17,18,19). The number of benzene rings is 1. The lowest BCUT2D eigenvalue weighted by atomic mass is 10.1. The van der Waals surface area contributed by atoms with Crippen LogP contribution in [0.3, 0.4) is 0 Å². The van der Waals surface area contributed by atoms with E-state index in [2.05, 4.69) is 9.97 Å². The molecule has 0 radical (unpaired) electrons. The van der Waals surface area contributed by atoms with Crippen molar-refractivity contribution in [2.24, 2.45) is 0 Å². The summed E-state index contributed by atoms with van der Waals surface area (Å²) in [4.78, 5) is 19.9. The Morgan fingerprint density at radius 2 is 1.86 bits per heavy atom. The molecule has 0 unspecified atom stereocenters. The number of fused-ring (bicyclic) bond motifs is 1. The molecule has 0 spiro atoms. The number of anilines is 2. The second kappa shape index (κ2) is 5.69. The molecule has 0 bridgehead atoms. The van der Waals surface area contributed by atoms with Crippen LogP contribution in [0.5, 0.6) is 0 Å². The van der Waals surface area contributed by atoms with E-state index in [-0.39, 0.29) is 5.63 Å². The summed E-state index contributed by atoms with van der Waals surface area (Å²) < 4.78 is 5.24. The zero-order valence-electron chi connectivity index (χ0n) is 11.9. The van der Waals surface area contributed by atoms with Gasteiger partial charge in [-0.1, -0.05) is 23.9 Å². The molecule has 0 saturated heterocycles. The van der Waals surface area contributed by atoms with Crippen LogP contribution < -0.4 is 17.1 Å². The van der Waals surface area contributed by atoms with Gasteiger partial charge in [-0.2, -0.15) is 0 Å². The number of nitrogen functional groups attached to an aromatic ring is 2. The number of hydrogen-bond donors (Lipinski definition) is 2. The van der Waals surface area contributed by atoms with Crippen LogP contribution in [0.15, 0.2) is 44.7 Å². The molecule has 0 aliphatic carbocycles. The Morgan fingerprint density at radius 3 is 2.59 bits per heavy atom. The summed E-state index contributed by atoms with van der Waals surface area (Å²) in [7, 11) is 0. The molecule has 0 amide bonds. The monoisotopic (exact) mass is 314 g/mol. The number of hydrogen-bond acceptors (Lipinski definition) is 7. The van der Waals surface area contributed by atoms with Gasteiger partial charge in [0.2, 0.25) is 0 Å². The molecule has 2 heterocycles. The minimum atomic E-state index is -0.373. The molecule has 2 aromatic heterocycles. The maximum Gasteiger partial charge on any atom is 0.336 e. The third-order valence-corrected chi connectivity index (χ3v) is 3.98. The number of nitrogens with zero attached hydrogens (tertiary/aromatic N) is 2. The van der Waals surface area contributed by atoms with Crippen molar-refractivity contribution in [3.63, 3.8) is 0 Å². The second-order valence-electron chi connectivity index (χ2n) is 4.88. The van der Waals surface area contributed by atoms with Crippen molar-refractivity contribution in [2.45, 2.75) is 17.8 Å². The van der Waals surface area contributed by atoms with Gasteiger partial charge in [0.05, 0.1) is 0 Å². The van der Waals surface area contributed by atoms with E-state index in [1.807, 2.05) is 25.1 Å². The van der Waals surface area contributed by atoms with Gasteiger partial charge in [-0.05, 0) is 24.1 Å². The molecule has 112 valence electrons. The highest BCUT2D eigenvalue weighted by atomic mass is 32.2. The highest BCUT2D eigenvalue weighted by Gasteiger charge is 2.08. The molecule has 1 aromatic carbocycles. The van der Waals surface area contributed by atoms with Gasteiger partial charge in [-0.15, -0.1) is 0 Å². The highest BCUT2D eigenvalue weighted by Crippen LogP contribution is 2.26. The van der Waals surface area contributed by atoms with E-state index in [1.165, 1.54) is 23.9 Å². The minimum absolute atomic E-state index is 0.322. The molecule has 4 N–H and O–H groups in total. The fraction of sp³-hybridized carbons (Fsp3) is 0.133. The van der Waals surface area contributed by atoms with Gasteiger partial charge < -0.3 is 15.9 Å². The second-order valence-corrected chi connectivity index (χ2v) is 5.82. The van der Waals surface area contributed by atoms with E-state index in [1.54, 1.807) is 0 Å². The molecule has 6 nitrogen and oxygen atoms in total. The number of thioether (sulfide) groups is 1. The lowest BCUT2D eigenvalue weighted by Crippen LogP contribution is -2.01. The van der Waals surface area contributed by atoms with E-state index in [9.17, 15) is 4.79 Å². The fourth-order valence-electron chi connectivity index (χ4n) is 2.13. The summed E-state index contributed by atoms with van der Waals surface area (Å²) in [5.74, 6) is 1.17. The van der Waals surface area contributed by atoms with E-state index >= 15 is 0 Å². The first-order chi connectivity index (χ1) is 10.5. The maximum absolute atomic E-state index is 11.7. The third-order valence-electron chi connectivity index (χ3n) is 3.09. The Morgan fingerprint density at radius 1 is 1.14 bits per heavy atom. The van der Waals surface area contributed by atoms with Gasteiger partial charge in [0.1, 0.15) is 17.2 Å². The molecular formula is C15H14N4O2S. The normalized spacial score (nSPS) is 11.0. The largest absolute Gasteiger partial charge is 0.423 e. The predicted molar refractivity (Wildman–Crippen MR) is 87.6 cm³/mol. The average Bonchev–Trinajstić information content (AvgIpc) is 2.43. The SMILES string of the molecule is Cc1ccc2c(CSc3nc(N)cc(N)n3)cc(=O)oc2c1. The summed E-state index contributed by atoms with van der Waals surface area (Å²) in [5, 5.41) is 1.38. The van der Waals surface area contributed by atoms with Crippen molar-refractivity contribution in [3.05, 3.63) is 51.9 Å². The van der Waals surface area contributed by atoms with Crippen molar-refractivity contribution in [3.8, 4) is 0 Å². The van der Waals surface area contributed by atoms with E-state index in [0.29, 0.717) is 28.1 Å². The fourth-order valence-corrected chi connectivity index (χ4v) is 2.99. The van der Waals surface area contributed by atoms with Crippen LogP contribution in [-0.2, 0) is 5.75 Å². The number of aryl methyl sites for hydroxylation is 1. The Balaban J connectivity index is 1.95. The van der Waals surface area contributed by atoms with Gasteiger partial charge in [0.15, 0.2) is 5.16 Å². The van der Waals surface area contributed by atoms with Crippen molar-refractivity contribution >= 4 is 34.4 Å². The van der Waals surface area contributed by atoms with Crippen LogP contribution in [0.2, 0.25) is 0 Å². The van der Waals surface area contributed by atoms with Crippen LogP contribution in [0.1, 0.15) is 11.1 Å². The van der Waals surface area contributed by atoms with Crippen LogP contribution in [0.4, 0.5) is 11.6 Å². The molecule has 22 heavy (non-hydrogen) atoms. The first-order valence-electron chi connectivity index (χ1n) is 6.57. The highest BCUT2D eigenvalue weighted by molar-refractivity contribution is 7.98. The molecular weight excluding hydrogens is 300 g/mol. The third kappa shape index (κ3) is 3.04. The van der Waals surface area contributed by atoms with Crippen molar-refractivity contribution < 1.29 is 4.42 Å². The molecule has 3 aromatic rings. The number of nitrogens with two attached hydrogens (primary N) is 2. The molecule has 0 fully saturated rings. The number of rotatable bonds is 3. The number of aromatic nitrogens is 2. The molecule has 0 atom stereocenters. The van der Waals surface area contributed by atoms with E-state index < -0.39 is 0 Å². The van der Waals surface area contributed by atoms with Crippen LogP contribution in [0.25, 0.3) is 11.0 Å². The van der Waals surface area contributed by atoms with Crippen LogP contribution >= 0.6 is 11.8 Å². The Labute approximate surface area is 130 Å². The lowest BCUT2D eigenvalue weighted by Gasteiger charge is -2.06. The zero-order chi connectivity index (χ0) is 15.7. The van der Waals surface area contributed by atoms with Gasteiger partial charge in [-0.25, -0.2) is 14.8 Å². The van der Waals surface area contributed by atoms with E-state index in [4.69, 9.17) is 15.9 Å². The minimum Gasteiger partial charge on any atom is -0.423 e. The Kier molecular flexibility index (Phi) is 3.72. The molecule has 0 aliphatic heterocycles. The van der Waals surface area contributed by atoms with Crippen molar-refractivity contribution in [1.29, 1.82) is 0 Å². The van der Waals surface area contributed by atoms with Crippen LogP contribution in [-0.4, -0.2) is 9.97 Å². The summed E-state index contributed by atoms with van der Waals surface area (Å²) in [6.45, 7) is 1.95. The molecule has 7 heteroatoms. The van der Waals surface area contributed by atoms with Gasteiger partial charge in [0.25, 0.3) is 0 Å². The van der Waals surface area contributed by atoms with Gasteiger partial charge in [-0.3, -0.25) is 0 Å². The predicted octanol–water partition coefficient (Wildman–Crippen LogP) is 2.35.